The summed E-state index contributed by atoms with van der Waals surface area (Å²) < 4.78 is 34.2. The summed E-state index contributed by atoms with van der Waals surface area (Å²) in [6.07, 6.45) is 4.44. The number of aliphatic hydroxyl groups is 1. The SMILES string of the molecule is O=S1(=O)c2c(cccc2N2CCC[C@H]2CO)OCCCN1C1CC1. The summed E-state index contributed by atoms with van der Waals surface area (Å²) in [6.45, 7) is 1.85. The Bertz CT molecular complexity index is 717. The van der Waals surface area contributed by atoms with Gasteiger partial charge >= 0.3 is 0 Å². The number of benzene rings is 1. The van der Waals surface area contributed by atoms with Gasteiger partial charge in [0.05, 0.1) is 24.9 Å². The van der Waals surface area contributed by atoms with E-state index in [0.29, 0.717) is 31.0 Å². The average Bonchev–Trinajstić information content (AvgIpc) is 3.28. The van der Waals surface area contributed by atoms with Gasteiger partial charge in [0.2, 0.25) is 10.0 Å². The van der Waals surface area contributed by atoms with Gasteiger partial charge in [-0.2, -0.15) is 4.31 Å². The number of fused-ring (bicyclic) bond motifs is 1. The number of sulfonamides is 1. The van der Waals surface area contributed by atoms with Crippen molar-refractivity contribution in [2.24, 2.45) is 0 Å². The zero-order valence-corrected chi connectivity index (χ0v) is 14.5. The lowest BCUT2D eigenvalue weighted by molar-refractivity contribution is 0.262. The Morgan fingerprint density at radius 3 is 2.75 bits per heavy atom. The number of anilines is 1. The molecule has 0 aromatic heterocycles. The van der Waals surface area contributed by atoms with Crippen molar-refractivity contribution < 1.29 is 18.3 Å². The molecule has 2 fully saturated rings. The summed E-state index contributed by atoms with van der Waals surface area (Å²) in [7, 11) is -3.59. The minimum Gasteiger partial charge on any atom is -0.492 e. The molecule has 4 rings (SSSR count). The van der Waals surface area contributed by atoms with E-state index in [9.17, 15) is 13.5 Å². The highest BCUT2D eigenvalue weighted by Gasteiger charge is 2.42. The Morgan fingerprint density at radius 2 is 2.00 bits per heavy atom. The lowest BCUT2D eigenvalue weighted by atomic mass is 10.2. The second-order valence-corrected chi connectivity index (χ2v) is 8.65. The Balaban J connectivity index is 1.84. The Hall–Kier alpha value is -1.31. The minimum absolute atomic E-state index is 0.0217. The second kappa shape index (κ2) is 6.20. The molecule has 1 atom stereocenters. The molecule has 24 heavy (non-hydrogen) atoms. The van der Waals surface area contributed by atoms with Gasteiger partial charge < -0.3 is 14.7 Å². The van der Waals surface area contributed by atoms with Gasteiger partial charge in [-0.05, 0) is 44.2 Å². The third-order valence-electron chi connectivity index (χ3n) is 5.16. The van der Waals surface area contributed by atoms with Gasteiger partial charge in [0, 0.05) is 19.1 Å². The molecule has 1 saturated carbocycles. The van der Waals surface area contributed by atoms with E-state index in [-0.39, 0.29) is 23.6 Å². The summed E-state index contributed by atoms with van der Waals surface area (Å²) in [5, 5.41) is 9.65. The monoisotopic (exact) mass is 352 g/mol. The van der Waals surface area contributed by atoms with Crippen molar-refractivity contribution in [3.05, 3.63) is 18.2 Å². The topological polar surface area (TPSA) is 70.1 Å². The molecule has 0 amide bonds. The number of ether oxygens (including phenoxy) is 1. The maximum absolute atomic E-state index is 13.4. The number of nitrogens with zero attached hydrogens (tertiary/aromatic N) is 2. The first-order valence-electron chi connectivity index (χ1n) is 8.78. The van der Waals surface area contributed by atoms with Crippen molar-refractivity contribution in [3.63, 3.8) is 0 Å². The van der Waals surface area contributed by atoms with Crippen LogP contribution >= 0.6 is 0 Å². The molecule has 0 unspecified atom stereocenters. The van der Waals surface area contributed by atoms with Crippen LogP contribution in [0, 0.1) is 0 Å². The first-order valence-corrected chi connectivity index (χ1v) is 10.2. The Labute approximate surface area is 143 Å². The van der Waals surface area contributed by atoms with Crippen LogP contribution in [0.3, 0.4) is 0 Å². The van der Waals surface area contributed by atoms with Crippen molar-refractivity contribution in [3.8, 4) is 5.75 Å². The highest BCUT2D eigenvalue weighted by molar-refractivity contribution is 7.89. The predicted octanol–water partition coefficient (Wildman–Crippen LogP) is 1.58. The van der Waals surface area contributed by atoms with Crippen molar-refractivity contribution in [1.82, 2.24) is 4.31 Å². The zero-order valence-electron chi connectivity index (χ0n) is 13.7. The number of hydrogen-bond donors (Lipinski definition) is 1. The maximum Gasteiger partial charge on any atom is 0.249 e. The first-order chi connectivity index (χ1) is 11.6. The summed E-state index contributed by atoms with van der Waals surface area (Å²) >= 11 is 0. The molecule has 1 N–H and O–H groups in total. The molecule has 0 spiro atoms. The van der Waals surface area contributed by atoms with Crippen LogP contribution in [-0.2, 0) is 10.0 Å². The van der Waals surface area contributed by atoms with Crippen LogP contribution in [0.2, 0.25) is 0 Å². The van der Waals surface area contributed by atoms with Gasteiger partial charge in [-0.25, -0.2) is 8.42 Å². The Morgan fingerprint density at radius 1 is 1.17 bits per heavy atom. The van der Waals surface area contributed by atoms with Crippen LogP contribution < -0.4 is 9.64 Å². The fraction of sp³-hybridized carbons (Fsp3) is 0.647. The fourth-order valence-corrected chi connectivity index (χ4v) is 5.87. The number of aliphatic hydroxyl groups excluding tert-OH is 1. The molecule has 0 radical (unpaired) electrons. The standard InChI is InChI=1S/C17H24N2O4S/c20-12-14-4-2-9-18(14)15-5-1-6-16-17(15)24(21,22)19(13-7-8-13)10-3-11-23-16/h1,5-6,13-14,20H,2-4,7-12H2/t14-/m0/s1. The maximum atomic E-state index is 13.4. The smallest absolute Gasteiger partial charge is 0.249 e. The van der Waals surface area contributed by atoms with Gasteiger partial charge in [-0.15, -0.1) is 0 Å². The molecule has 132 valence electrons. The largest absolute Gasteiger partial charge is 0.492 e. The molecule has 7 heteroatoms. The molecule has 3 aliphatic rings. The van der Waals surface area contributed by atoms with E-state index in [4.69, 9.17) is 4.74 Å². The average molecular weight is 352 g/mol. The highest BCUT2D eigenvalue weighted by Crippen LogP contribution is 2.42. The Kier molecular flexibility index (Phi) is 4.18. The van der Waals surface area contributed by atoms with Gasteiger partial charge in [0.1, 0.15) is 10.6 Å². The van der Waals surface area contributed by atoms with E-state index in [0.717, 1.165) is 32.2 Å². The molecule has 1 aliphatic carbocycles. The van der Waals surface area contributed by atoms with Crippen LogP contribution in [0.25, 0.3) is 0 Å². The third-order valence-corrected chi connectivity index (χ3v) is 7.18. The fourth-order valence-electron chi connectivity index (χ4n) is 3.83. The van der Waals surface area contributed by atoms with Crippen molar-refractivity contribution in [2.45, 2.75) is 49.1 Å². The van der Waals surface area contributed by atoms with Crippen molar-refractivity contribution >= 4 is 15.7 Å². The van der Waals surface area contributed by atoms with Crippen LogP contribution in [0.15, 0.2) is 23.1 Å². The van der Waals surface area contributed by atoms with Gasteiger partial charge in [0.15, 0.2) is 0 Å². The van der Waals surface area contributed by atoms with E-state index in [2.05, 4.69) is 0 Å². The summed E-state index contributed by atoms with van der Waals surface area (Å²) in [4.78, 5) is 2.32. The lowest BCUT2D eigenvalue weighted by Crippen LogP contribution is -2.39. The van der Waals surface area contributed by atoms with E-state index in [1.165, 1.54) is 0 Å². The highest BCUT2D eigenvalue weighted by atomic mass is 32.2. The molecule has 2 aliphatic heterocycles. The van der Waals surface area contributed by atoms with Crippen LogP contribution in [0.1, 0.15) is 32.1 Å². The van der Waals surface area contributed by atoms with Gasteiger partial charge in [0.25, 0.3) is 0 Å². The van der Waals surface area contributed by atoms with E-state index < -0.39 is 10.0 Å². The summed E-state index contributed by atoms with van der Waals surface area (Å²) in [5.41, 5.74) is 0.677. The van der Waals surface area contributed by atoms with Gasteiger partial charge in [-0.1, -0.05) is 6.07 Å². The zero-order chi connectivity index (χ0) is 16.7. The van der Waals surface area contributed by atoms with Crippen LogP contribution in [-0.4, -0.2) is 56.2 Å². The first kappa shape index (κ1) is 16.2. The summed E-state index contributed by atoms with van der Waals surface area (Å²) in [6, 6.07) is 5.56. The van der Waals surface area contributed by atoms with Crippen LogP contribution in [0.5, 0.6) is 5.75 Å². The van der Waals surface area contributed by atoms with Crippen LogP contribution in [0.4, 0.5) is 5.69 Å². The molecule has 2 heterocycles. The number of hydrogen-bond acceptors (Lipinski definition) is 5. The molecular weight excluding hydrogens is 328 g/mol. The quantitative estimate of drug-likeness (QED) is 0.894. The predicted molar refractivity (Wildman–Crippen MR) is 90.9 cm³/mol. The number of rotatable bonds is 3. The van der Waals surface area contributed by atoms with E-state index in [1.807, 2.05) is 17.0 Å². The molecule has 0 bridgehead atoms. The lowest BCUT2D eigenvalue weighted by Gasteiger charge is -2.32. The van der Waals surface area contributed by atoms with Crippen molar-refractivity contribution in [2.75, 3.05) is 31.2 Å². The van der Waals surface area contributed by atoms with Gasteiger partial charge in [-0.3, -0.25) is 0 Å². The molecule has 1 aromatic rings. The molecule has 6 nitrogen and oxygen atoms in total. The van der Waals surface area contributed by atoms with Crippen molar-refractivity contribution in [1.29, 1.82) is 0 Å². The normalized spacial score (nSPS) is 27.2. The minimum atomic E-state index is -3.59. The third kappa shape index (κ3) is 2.68. The summed E-state index contributed by atoms with van der Waals surface area (Å²) in [5.74, 6) is 0.446. The molecule has 1 aromatic carbocycles. The molecular formula is C17H24N2O4S. The van der Waals surface area contributed by atoms with E-state index in [1.54, 1.807) is 10.4 Å². The second-order valence-electron chi connectivity index (χ2n) is 6.83. The molecule has 1 saturated heterocycles. The van der Waals surface area contributed by atoms with E-state index >= 15 is 0 Å².